The van der Waals surface area contributed by atoms with Crippen LogP contribution in [0.25, 0.3) is 11.4 Å². The van der Waals surface area contributed by atoms with Gasteiger partial charge in [0.05, 0.1) is 16.7 Å². The lowest BCUT2D eigenvalue weighted by atomic mass is 10.2. The smallest absolute Gasteiger partial charge is 0.357 e. The van der Waals surface area contributed by atoms with E-state index in [1.807, 2.05) is 0 Å². The van der Waals surface area contributed by atoms with Crippen LogP contribution in [0.4, 0.5) is 0 Å². The van der Waals surface area contributed by atoms with Gasteiger partial charge < -0.3 is 4.74 Å². The van der Waals surface area contributed by atoms with Crippen molar-refractivity contribution >= 4 is 40.8 Å². The van der Waals surface area contributed by atoms with E-state index in [-0.39, 0.29) is 23.1 Å². The molecule has 0 aliphatic carbocycles. The summed E-state index contributed by atoms with van der Waals surface area (Å²) in [7, 11) is 0. The Balaban J connectivity index is 2.49. The first-order valence-electron chi connectivity index (χ1n) is 5.68. The molecule has 1 heterocycles. The average Bonchev–Trinajstić information content (AvgIpc) is 2.43. The second-order valence-corrected chi connectivity index (χ2v) is 4.96. The Bertz CT molecular complexity index is 662. The van der Waals surface area contributed by atoms with Crippen LogP contribution in [0.2, 0.25) is 15.1 Å². The molecule has 0 N–H and O–H groups in total. The van der Waals surface area contributed by atoms with Crippen molar-refractivity contribution in [1.29, 1.82) is 0 Å². The summed E-state index contributed by atoms with van der Waals surface area (Å²) in [6.07, 6.45) is 1.44. The van der Waals surface area contributed by atoms with Crippen molar-refractivity contribution in [3.63, 3.8) is 0 Å². The van der Waals surface area contributed by atoms with E-state index in [0.717, 1.165) is 0 Å². The predicted octanol–water partition coefficient (Wildman–Crippen LogP) is 4.28. The molecule has 0 radical (unpaired) electrons. The van der Waals surface area contributed by atoms with Gasteiger partial charge in [-0.2, -0.15) is 0 Å². The Kier molecular flexibility index (Phi) is 4.81. The highest BCUT2D eigenvalue weighted by molar-refractivity contribution is 6.44. The molecule has 7 heteroatoms. The van der Waals surface area contributed by atoms with Crippen LogP contribution in [0.15, 0.2) is 24.4 Å². The number of carbonyl (C=O) groups is 1. The number of ether oxygens (including phenoxy) is 1. The predicted molar refractivity (Wildman–Crippen MR) is 78.5 cm³/mol. The minimum Gasteiger partial charge on any atom is -0.461 e. The summed E-state index contributed by atoms with van der Waals surface area (Å²) in [5, 5.41) is 0.968. The standard InChI is InChI=1S/C13H9Cl3N2O2/c1-2-20-13(19)10-3-4-17-12(18-10)8-5-7(14)6-9(15)11(8)16/h3-6H,2H2,1H3. The van der Waals surface area contributed by atoms with Crippen LogP contribution in [-0.4, -0.2) is 22.5 Å². The van der Waals surface area contributed by atoms with Crippen LogP contribution >= 0.6 is 34.8 Å². The molecule has 0 unspecified atom stereocenters. The summed E-state index contributed by atoms with van der Waals surface area (Å²) in [6.45, 7) is 1.98. The number of esters is 1. The van der Waals surface area contributed by atoms with Gasteiger partial charge in [0.1, 0.15) is 0 Å². The van der Waals surface area contributed by atoms with Gasteiger partial charge in [-0.05, 0) is 25.1 Å². The number of benzene rings is 1. The molecule has 0 spiro atoms. The summed E-state index contributed by atoms with van der Waals surface area (Å²) >= 11 is 18.0. The Hall–Kier alpha value is -1.36. The van der Waals surface area contributed by atoms with Crippen LogP contribution < -0.4 is 0 Å². The zero-order chi connectivity index (χ0) is 14.7. The van der Waals surface area contributed by atoms with Gasteiger partial charge in [-0.1, -0.05) is 34.8 Å². The van der Waals surface area contributed by atoms with Crippen molar-refractivity contribution in [1.82, 2.24) is 9.97 Å². The molecular weight excluding hydrogens is 323 g/mol. The SMILES string of the molecule is CCOC(=O)c1ccnc(-c2cc(Cl)cc(Cl)c2Cl)n1. The van der Waals surface area contributed by atoms with E-state index in [2.05, 4.69) is 9.97 Å². The quantitative estimate of drug-likeness (QED) is 0.622. The Morgan fingerprint density at radius 2 is 2.05 bits per heavy atom. The number of rotatable bonds is 3. The topological polar surface area (TPSA) is 52.1 Å². The molecule has 0 fully saturated rings. The van der Waals surface area contributed by atoms with Gasteiger partial charge in [0.15, 0.2) is 11.5 Å². The number of carbonyl (C=O) groups excluding carboxylic acids is 1. The van der Waals surface area contributed by atoms with Crippen LogP contribution in [0.1, 0.15) is 17.4 Å². The molecule has 104 valence electrons. The molecule has 2 aromatic rings. The number of nitrogens with zero attached hydrogens (tertiary/aromatic N) is 2. The number of aromatic nitrogens is 2. The van der Waals surface area contributed by atoms with Crippen molar-refractivity contribution in [2.45, 2.75) is 6.92 Å². The molecule has 0 saturated heterocycles. The maximum absolute atomic E-state index is 11.6. The molecule has 0 aliphatic rings. The minimum absolute atomic E-state index is 0.143. The van der Waals surface area contributed by atoms with Crippen molar-refractivity contribution in [3.05, 3.63) is 45.2 Å². The third-order valence-electron chi connectivity index (χ3n) is 2.37. The summed E-state index contributed by atoms with van der Waals surface area (Å²) < 4.78 is 4.88. The normalized spacial score (nSPS) is 10.4. The zero-order valence-corrected chi connectivity index (χ0v) is 12.6. The summed E-state index contributed by atoms with van der Waals surface area (Å²) in [6, 6.07) is 4.56. The van der Waals surface area contributed by atoms with Gasteiger partial charge in [0, 0.05) is 16.8 Å². The molecule has 0 aliphatic heterocycles. The van der Waals surface area contributed by atoms with Crippen molar-refractivity contribution in [2.75, 3.05) is 6.61 Å². The summed E-state index contributed by atoms with van der Waals surface area (Å²) in [4.78, 5) is 19.8. The highest BCUT2D eigenvalue weighted by Gasteiger charge is 2.15. The van der Waals surface area contributed by atoms with Crippen molar-refractivity contribution in [2.24, 2.45) is 0 Å². The second-order valence-electron chi connectivity index (χ2n) is 3.74. The van der Waals surface area contributed by atoms with Crippen LogP contribution in [0, 0.1) is 0 Å². The van der Waals surface area contributed by atoms with Gasteiger partial charge in [-0.15, -0.1) is 0 Å². The third-order valence-corrected chi connectivity index (χ3v) is 3.39. The van der Waals surface area contributed by atoms with Gasteiger partial charge in [-0.25, -0.2) is 14.8 Å². The first-order chi connectivity index (χ1) is 9.52. The van der Waals surface area contributed by atoms with E-state index in [0.29, 0.717) is 15.6 Å². The van der Waals surface area contributed by atoms with Gasteiger partial charge in [0.2, 0.25) is 0 Å². The zero-order valence-electron chi connectivity index (χ0n) is 10.4. The molecule has 0 bridgehead atoms. The van der Waals surface area contributed by atoms with Crippen molar-refractivity contribution < 1.29 is 9.53 Å². The van der Waals surface area contributed by atoms with E-state index in [4.69, 9.17) is 39.5 Å². The fourth-order valence-corrected chi connectivity index (χ4v) is 2.21. The van der Waals surface area contributed by atoms with Crippen molar-refractivity contribution in [3.8, 4) is 11.4 Å². The summed E-state index contributed by atoms with van der Waals surface area (Å²) in [5.74, 6) is -0.273. The molecule has 0 saturated carbocycles. The maximum Gasteiger partial charge on any atom is 0.357 e. The number of hydrogen-bond acceptors (Lipinski definition) is 4. The van der Waals surface area contributed by atoms with Gasteiger partial charge in [0.25, 0.3) is 0 Å². The monoisotopic (exact) mass is 330 g/mol. The largest absolute Gasteiger partial charge is 0.461 e. The van der Waals surface area contributed by atoms with Gasteiger partial charge in [-0.3, -0.25) is 0 Å². The average molecular weight is 332 g/mol. The first kappa shape index (κ1) is 15.0. The fourth-order valence-electron chi connectivity index (χ4n) is 1.53. The van der Waals surface area contributed by atoms with Gasteiger partial charge >= 0.3 is 5.97 Å². The number of hydrogen-bond donors (Lipinski definition) is 0. The van der Waals surface area contributed by atoms with Crippen LogP contribution in [-0.2, 0) is 4.74 Å². The highest BCUT2D eigenvalue weighted by atomic mass is 35.5. The lowest BCUT2D eigenvalue weighted by Crippen LogP contribution is -2.08. The Labute approximate surface area is 130 Å². The highest BCUT2D eigenvalue weighted by Crippen LogP contribution is 2.34. The Morgan fingerprint density at radius 3 is 2.75 bits per heavy atom. The third kappa shape index (κ3) is 3.20. The van der Waals surface area contributed by atoms with E-state index in [1.54, 1.807) is 13.0 Å². The van der Waals surface area contributed by atoms with E-state index in [1.165, 1.54) is 18.3 Å². The molecule has 0 amide bonds. The molecule has 20 heavy (non-hydrogen) atoms. The minimum atomic E-state index is -0.527. The molecule has 1 aromatic carbocycles. The molecule has 0 atom stereocenters. The lowest BCUT2D eigenvalue weighted by molar-refractivity contribution is 0.0519. The van der Waals surface area contributed by atoms with E-state index in [9.17, 15) is 4.79 Å². The fraction of sp³-hybridized carbons (Fsp3) is 0.154. The first-order valence-corrected chi connectivity index (χ1v) is 6.81. The lowest BCUT2D eigenvalue weighted by Gasteiger charge is -2.07. The molecular formula is C13H9Cl3N2O2. The van der Waals surface area contributed by atoms with E-state index < -0.39 is 5.97 Å². The van der Waals surface area contributed by atoms with Crippen LogP contribution in [0.5, 0.6) is 0 Å². The van der Waals surface area contributed by atoms with E-state index >= 15 is 0 Å². The van der Waals surface area contributed by atoms with Crippen LogP contribution in [0.3, 0.4) is 0 Å². The Morgan fingerprint density at radius 1 is 1.30 bits per heavy atom. The maximum atomic E-state index is 11.6. The molecule has 2 rings (SSSR count). The molecule has 4 nitrogen and oxygen atoms in total. The second kappa shape index (κ2) is 6.39. The summed E-state index contributed by atoms with van der Waals surface area (Å²) in [5.41, 5.74) is 0.597. The molecule has 1 aromatic heterocycles. The number of halogens is 3.